The molecule has 1 fully saturated rings. The molecule has 2 unspecified atom stereocenters. The summed E-state index contributed by atoms with van der Waals surface area (Å²) in [5.74, 6) is 0.736. The Hall–Kier alpha value is -0.120. The maximum absolute atomic E-state index is 5.71. The lowest BCUT2D eigenvalue weighted by molar-refractivity contribution is -0.0464. The topological polar surface area (TPSA) is 30.5 Å². The summed E-state index contributed by atoms with van der Waals surface area (Å²) in [6.07, 6.45) is 1.44. The first-order chi connectivity index (χ1) is 6.72. The Kier molecular flexibility index (Phi) is 5.45. The molecule has 1 aliphatic rings. The average molecular weight is 201 g/mol. The summed E-state index contributed by atoms with van der Waals surface area (Å²) in [6, 6.07) is 0.535. The number of hydrogen-bond acceptors (Lipinski definition) is 3. The highest BCUT2D eigenvalue weighted by Gasteiger charge is 2.21. The van der Waals surface area contributed by atoms with Crippen LogP contribution in [0.4, 0.5) is 0 Å². The van der Waals surface area contributed by atoms with Crippen LogP contribution in [0.5, 0.6) is 0 Å². The van der Waals surface area contributed by atoms with Crippen molar-refractivity contribution < 1.29 is 9.47 Å². The number of ether oxygens (including phenoxy) is 2. The maximum Gasteiger partial charge on any atom is 0.0933 e. The van der Waals surface area contributed by atoms with Crippen molar-refractivity contribution in [1.82, 2.24) is 5.32 Å². The fourth-order valence-corrected chi connectivity index (χ4v) is 1.74. The van der Waals surface area contributed by atoms with E-state index in [1.165, 1.54) is 6.42 Å². The summed E-state index contributed by atoms with van der Waals surface area (Å²) in [6.45, 7) is 9.75. The Morgan fingerprint density at radius 2 is 2.29 bits per heavy atom. The fraction of sp³-hybridized carbons (Fsp3) is 1.00. The molecule has 2 atom stereocenters. The van der Waals surface area contributed by atoms with Crippen molar-refractivity contribution in [3.8, 4) is 0 Å². The highest BCUT2D eigenvalue weighted by Crippen LogP contribution is 2.10. The zero-order valence-electron chi connectivity index (χ0n) is 9.58. The Balaban J connectivity index is 2.11. The third-order valence-electron chi connectivity index (χ3n) is 2.43. The van der Waals surface area contributed by atoms with Crippen LogP contribution in [0, 0.1) is 5.92 Å². The molecule has 14 heavy (non-hydrogen) atoms. The van der Waals surface area contributed by atoms with Gasteiger partial charge in [-0.15, -0.1) is 0 Å². The molecule has 0 spiro atoms. The lowest BCUT2D eigenvalue weighted by atomic mass is 10.0. The van der Waals surface area contributed by atoms with Crippen LogP contribution in [0.1, 0.15) is 27.2 Å². The summed E-state index contributed by atoms with van der Waals surface area (Å²) in [4.78, 5) is 0. The molecule has 0 saturated carbocycles. The van der Waals surface area contributed by atoms with Crippen molar-refractivity contribution in [1.29, 1.82) is 0 Å². The molecule has 1 rings (SSSR count). The van der Waals surface area contributed by atoms with Gasteiger partial charge in [0.2, 0.25) is 0 Å². The van der Waals surface area contributed by atoms with Gasteiger partial charge in [-0.2, -0.15) is 0 Å². The van der Waals surface area contributed by atoms with Gasteiger partial charge >= 0.3 is 0 Å². The molecule has 0 bridgehead atoms. The quantitative estimate of drug-likeness (QED) is 0.730. The summed E-state index contributed by atoms with van der Waals surface area (Å²) < 4.78 is 11.0. The van der Waals surface area contributed by atoms with Crippen molar-refractivity contribution in [3.63, 3.8) is 0 Å². The predicted octanol–water partition coefficient (Wildman–Crippen LogP) is 1.43. The zero-order valence-corrected chi connectivity index (χ0v) is 9.58. The minimum atomic E-state index is 0.248. The van der Waals surface area contributed by atoms with E-state index in [1.807, 2.05) is 6.92 Å². The van der Waals surface area contributed by atoms with E-state index in [2.05, 4.69) is 19.2 Å². The summed E-state index contributed by atoms with van der Waals surface area (Å²) in [5.41, 5.74) is 0. The monoisotopic (exact) mass is 201 g/mol. The van der Waals surface area contributed by atoms with E-state index < -0.39 is 0 Å². The van der Waals surface area contributed by atoms with Gasteiger partial charge in [0.05, 0.1) is 19.3 Å². The van der Waals surface area contributed by atoms with E-state index in [0.717, 1.165) is 32.3 Å². The smallest absolute Gasteiger partial charge is 0.0933 e. The van der Waals surface area contributed by atoms with Crippen molar-refractivity contribution in [3.05, 3.63) is 0 Å². The largest absolute Gasteiger partial charge is 0.379 e. The first-order valence-corrected chi connectivity index (χ1v) is 5.65. The van der Waals surface area contributed by atoms with E-state index in [1.54, 1.807) is 0 Å². The number of morpholine rings is 1. The van der Waals surface area contributed by atoms with Gasteiger partial charge in [-0.1, -0.05) is 13.8 Å². The van der Waals surface area contributed by atoms with E-state index in [0.29, 0.717) is 6.04 Å². The van der Waals surface area contributed by atoms with Crippen molar-refractivity contribution >= 4 is 0 Å². The van der Waals surface area contributed by atoms with Gasteiger partial charge in [-0.25, -0.2) is 0 Å². The van der Waals surface area contributed by atoms with Crippen LogP contribution in [0.2, 0.25) is 0 Å². The summed E-state index contributed by atoms with van der Waals surface area (Å²) in [7, 11) is 0. The molecule has 3 nitrogen and oxygen atoms in total. The zero-order chi connectivity index (χ0) is 10.4. The molecule has 0 radical (unpaired) electrons. The predicted molar refractivity (Wildman–Crippen MR) is 57.5 cm³/mol. The molecule has 1 aliphatic heterocycles. The van der Waals surface area contributed by atoms with E-state index in [4.69, 9.17) is 9.47 Å². The van der Waals surface area contributed by atoms with E-state index >= 15 is 0 Å². The van der Waals surface area contributed by atoms with Crippen molar-refractivity contribution in [2.75, 3.05) is 26.4 Å². The standard InChI is InChI=1S/C11H23NO2/c1-4-13-8-11-6-12-10(7-14-11)5-9(2)3/h9-12H,4-8H2,1-3H3. The molecule has 0 amide bonds. The van der Waals surface area contributed by atoms with Crippen LogP contribution in [0.25, 0.3) is 0 Å². The molecule has 0 aliphatic carbocycles. The van der Waals surface area contributed by atoms with Gasteiger partial charge in [-0.3, -0.25) is 0 Å². The second-order valence-electron chi connectivity index (χ2n) is 4.35. The third kappa shape index (κ3) is 4.40. The van der Waals surface area contributed by atoms with Crippen molar-refractivity contribution in [2.24, 2.45) is 5.92 Å². The van der Waals surface area contributed by atoms with Gasteiger partial charge < -0.3 is 14.8 Å². The molecule has 1 heterocycles. The first kappa shape index (κ1) is 12.0. The highest BCUT2D eigenvalue weighted by atomic mass is 16.5. The molecule has 3 heteroatoms. The molecule has 0 aromatic rings. The van der Waals surface area contributed by atoms with Crippen LogP contribution in [0.15, 0.2) is 0 Å². The molecule has 0 aromatic carbocycles. The summed E-state index contributed by atoms with van der Waals surface area (Å²) >= 11 is 0. The van der Waals surface area contributed by atoms with Crippen LogP contribution in [-0.4, -0.2) is 38.5 Å². The second-order valence-corrected chi connectivity index (χ2v) is 4.35. The molecule has 1 saturated heterocycles. The minimum absolute atomic E-state index is 0.248. The van der Waals surface area contributed by atoms with Crippen LogP contribution < -0.4 is 5.32 Å². The maximum atomic E-state index is 5.71. The lowest BCUT2D eigenvalue weighted by Crippen LogP contribution is -2.48. The first-order valence-electron chi connectivity index (χ1n) is 5.65. The van der Waals surface area contributed by atoms with Crippen molar-refractivity contribution in [2.45, 2.75) is 39.3 Å². The SMILES string of the molecule is CCOCC1CNC(CC(C)C)CO1. The number of hydrogen-bond donors (Lipinski definition) is 1. The average Bonchev–Trinajstić information content (AvgIpc) is 2.16. The van der Waals surface area contributed by atoms with E-state index in [9.17, 15) is 0 Å². The van der Waals surface area contributed by atoms with Gasteiger partial charge in [0.15, 0.2) is 0 Å². The second kappa shape index (κ2) is 6.38. The minimum Gasteiger partial charge on any atom is -0.379 e. The van der Waals surface area contributed by atoms with Crippen LogP contribution >= 0.6 is 0 Å². The third-order valence-corrected chi connectivity index (χ3v) is 2.43. The fourth-order valence-electron chi connectivity index (χ4n) is 1.74. The van der Waals surface area contributed by atoms with E-state index in [-0.39, 0.29) is 6.10 Å². The Labute approximate surface area is 87.2 Å². The number of rotatable bonds is 5. The number of nitrogens with one attached hydrogen (secondary N) is 1. The molecule has 0 aromatic heterocycles. The normalized spacial score (nSPS) is 28.3. The molecule has 1 N–H and O–H groups in total. The Bertz CT molecular complexity index is 142. The summed E-state index contributed by atoms with van der Waals surface area (Å²) in [5, 5.41) is 3.50. The molecular weight excluding hydrogens is 178 g/mol. The Morgan fingerprint density at radius 1 is 1.50 bits per heavy atom. The van der Waals surface area contributed by atoms with Gasteiger partial charge in [0, 0.05) is 19.2 Å². The van der Waals surface area contributed by atoms with Gasteiger partial charge in [0.1, 0.15) is 0 Å². The van der Waals surface area contributed by atoms with Crippen LogP contribution in [-0.2, 0) is 9.47 Å². The van der Waals surface area contributed by atoms with Crippen LogP contribution in [0.3, 0.4) is 0 Å². The molecular formula is C11H23NO2. The lowest BCUT2D eigenvalue weighted by Gasteiger charge is -2.31. The van der Waals surface area contributed by atoms with Gasteiger partial charge in [-0.05, 0) is 19.3 Å². The van der Waals surface area contributed by atoms with Gasteiger partial charge in [0.25, 0.3) is 0 Å². The molecule has 84 valence electrons. The highest BCUT2D eigenvalue weighted by molar-refractivity contribution is 4.76. The Morgan fingerprint density at radius 3 is 2.79 bits per heavy atom.